The monoisotopic (exact) mass is 545 g/mol. The van der Waals surface area contributed by atoms with Gasteiger partial charge in [0, 0.05) is 38.9 Å². The first-order valence-electron chi connectivity index (χ1n) is 9.71. The topological polar surface area (TPSA) is 80.2 Å². The predicted molar refractivity (Wildman–Crippen MR) is 130 cm³/mol. The molecule has 170 valence electrons. The van der Waals surface area contributed by atoms with E-state index in [1.165, 1.54) is 6.07 Å². The highest BCUT2D eigenvalue weighted by molar-refractivity contribution is 14.0. The number of nitrogens with zero attached hydrogens (tertiary/aromatic N) is 3. The third kappa shape index (κ3) is 6.02. The second-order valence-electron chi connectivity index (χ2n) is 6.84. The second-order valence-corrected chi connectivity index (χ2v) is 6.84. The van der Waals surface area contributed by atoms with Gasteiger partial charge in [-0.3, -0.25) is 4.99 Å². The molecule has 2 N–H and O–H groups in total. The van der Waals surface area contributed by atoms with Gasteiger partial charge in [-0.25, -0.2) is 9.37 Å². The van der Waals surface area contributed by atoms with Gasteiger partial charge in [0.2, 0.25) is 5.75 Å². The molecule has 1 atom stereocenters. The maximum Gasteiger partial charge on any atom is 0.203 e. The number of aromatic nitrogens is 1. The quantitative estimate of drug-likeness (QED) is 0.315. The van der Waals surface area contributed by atoms with E-state index in [0.29, 0.717) is 42.1 Å². The Hall–Kier alpha value is -2.50. The van der Waals surface area contributed by atoms with E-state index < -0.39 is 0 Å². The van der Waals surface area contributed by atoms with Gasteiger partial charge in [0.05, 0.1) is 21.3 Å². The fraction of sp³-hybridized carbons (Fsp3) is 0.429. The smallest absolute Gasteiger partial charge is 0.203 e. The van der Waals surface area contributed by atoms with Gasteiger partial charge in [0.1, 0.15) is 0 Å². The fourth-order valence-corrected chi connectivity index (χ4v) is 3.49. The zero-order valence-corrected chi connectivity index (χ0v) is 20.5. The van der Waals surface area contributed by atoms with Crippen molar-refractivity contribution in [2.75, 3.05) is 46.4 Å². The molecule has 1 aromatic heterocycles. The number of halogens is 2. The molecule has 10 heteroatoms. The average molecular weight is 545 g/mol. The number of guanidine groups is 1. The Balaban J connectivity index is 0.00000341. The van der Waals surface area contributed by atoms with Gasteiger partial charge in [0.25, 0.3) is 0 Å². The summed E-state index contributed by atoms with van der Waals surface area (Å²) in [6.45, 7) is 1.90. The van der Waals surface area contributed by atoms with Crippen LogP contribution < -0.4 is 29.7 Å². The summed E-state index contributed by atoms with van der Waals surface area (Å²) in [7, 11) is 6.47. The van der Waals surface area contributed by atoms with Gasteiger partial charge < -0.3 is 29.7 Å². The lowest BCUT2D eigenvalue weighted by Gasteiger charge is -2.20. The molecule has 2 heterocycles. The first-order valence-corrected chi connectivity index (χ1v) is 9.71. The molecule has 1 saturated heterocycles. The number of benzene rings is 1. The number of aliphatic imine (C=N–C) groups is 1. The zero-order valence-electron chi connectivity index (χ0n) is 18.1. The largest absolute Gasteiger partial charge is 0.493 e. The molecule has 1 aliphatic heterocycles. The van der Waals surface area contributed by atoms with E-state index in [-0.39, 0.29) is 35.8 Å². The maximum absolute atomic E-state index is 14.0. The first-order chi connectivity index (χ1) is 14.6. The van der Waals surface area contributed by atoms with E-state index in [4.69, 9.17) is 14.2 Å². The molecule has 3 rings (SSSR count). The molecule has 0 radical (unpaired) electrons. The van der Waals surface area contributed by atoms with Crippen LogP contribution in [0.3, 0.4) is 0 Å². The van der Waals surface area contributed by atoms with Crippen LogP contribution in [0, 0.1) is 5.82 Å². The lowest BCUT2D eigenvalue weighted by Crippen LogP contribution is -2.44. The molecular formula is C21H29FIN5O3. The molecule has 0 saturated carbocycles. The van der Waals surface area contributed by atoms with E-state index in [2.05, 4.69) is 20.6 Å². The Bertz CT molecular complexity index is 874. The number of hydrogen-bond donors (Lipinski definition) is 2. The van der Waals surface area contributed by atoms with Crippen molar-refractivity contribution in [3.05, 3.63) is 41.8 Å². The summed E-state index contributed by atoms with van der Waals surface area (Å²) in [5.41, 5.74) is 0.955. The molecule has 1 aliphatic rings. The van der Waals surface area contributed by atoms with Crippen molar-refractivity contribution in [2.45, 2.75) is 19.0 Å². The van der Waals surface area contributed by atoms with Crippen molar-refractivity contribution in [1.82, 2.24) is 15.6 Å². The van der Waals surface area contributed by atoms with Crippen LogP contribution in [0.1, 0.15) is 12.0 Å². The van der Waals surface area contributed by atoms with E-state index in [0.717, 1.165) is 18.5 Å². The van der Waals surface area contributed by atoms with Crippen molar-refractivity contribution >= 4 is 35.8 Å². The third-order valence-electron chi connectivity index (χ3n) is 4.98. The number of pyridine rings is 1. The predicted octanol–water partition coefficient (Wildman–Crippen LogP) is 2.81. The molecule has 1 unspecified atom stereocenters. The van der Waals surface area contributed by atoms with Crippen molar-refractivity contribution in [1.29, 1.82) is 0 Å². The van der Waals surface area contributed by atoms with Gasteiger partial charge in [0.15, 0.2) is 29.1 Å². The van der Waals surface area contributed by atoms with Crippen molar-refractivity contribution < 1.29 is 18.6 Å². The third-order valence-corrected chi connectivity index (χ3v) is 4.98. The molecule has 0 bridgehead atoms. The van der Waals surface area contributed by atoms with Gasteiger partial charge in [-0.05, 0) is 36.2 Å². The van der Waals surface area contributed by atoms with E-state index in [1.54, 1.807) is 40.6 Å². The minimum atomic E-state index is -0.303. The molecule has 0 aliphatic carbocycles. The second kappa shape index (κ2) is 11.8. The molecule has 2 aromatic rings. The van der Waals surface area contributed by atoms with Crippen molar-refractivity contribution in [2.24, 2.45) is 4.99 Å². The SMILES string of the molecule is CN=C(NCc1cc(OC)c(OC)c(OC)c1)NC1CCN(c2ncccc2F)C1.I. The van der Waals surface area contributed by atoms with Crippen LogP contribution >= 0.6 is 24.0 Å². The van der Waals surface area contributed by atoms with E-state index in [9.17, 15) is 4.39 Å². The highest BCUT2D eigenvalue weighted by Crippen LogP contribution is 2.38. The summed E-state index contributed by atoms with van der Waals surface area (Å²) in [6, 6.07) is 6.95. The minimum absolute atomic E-state index is 0. The van der Waals surface area contributed by atoms with Crippen molar-refractivity contribution in [3.63, 3.8) is 0 Å². The van der Waals surface area contributed by atoms with Crippen LogP contribution in [0.5, 0.6) is 17.2 Å². The summed E-state index contributed by atoms with van der Waals surface area (Å²) in [4.78, 5) is 10.4. The number of rotatable bonds is 7. The van der Waals surface area contributed by atoms with Gasteiger partial charge in [-0.15, -0.1) is 24.0 Å². The molecule has 0 amide bonds. The van der Waals surface area contributed by atoms with Crippen LogP contribution in [0.2, 0.25) is 0 Å². The van der Waals surface area contributed by atoms with Gasteiger partial charge in [-0.2, -0.15) is 0 Å². The molecule has 8 nitrogen and oxygen atoms in total. The summed E-state index contributed by atoms with van der Waals surface area (Å²) < 4.78 is 30.2. The Morgan fingerprint density at radius 1 is 1.23 bits per heavy atom. The first kappa shape index (κ1) is 24.8. The number of nitrogens with one attached hydrogen (secondary N) is 2. The summed E-state index contributed by atoms with van der Waals surface area (Å²) in [5, 5.41) is 6.69. The van der Waals surface area contributed by atoms with E-state index >= 15 is 0 Å². The fourth-order valence-electron chi connectivity index (χ4n) is 3.49. The normalized spacial score (nSPS) is 15.8. The number of hydrogen-bond acceptors (Lipinski definition) is 6. The molecule has 0 spiro atoms. The number of anilines is 1. The highest BCUT2D eigenvalue weighted by atomic mass is 127. The number of methoxy groups -OCH3 is 3. The lowest BCUT2D eigenvalue weighted by atomic mass is 10.2. The molecule has 1 fully saturated rings. The Morgan fingerprint density at radius 3 is 2.52 bits per heavy atom. The Kier molecular flexibility index (Phi) is 9.41. The molecule has 31 heavy (non-hydrogen) atoms. The minimum Gasteiger partial charge on any atom is -0.493 e. The summed E-state index contributed by atoms with van der Waals surface area (Å²) in [6.07, 6.45) is 2.47. The highest BCUT2D eigenvalue weighted by Gasteiger charge is 2.26. The zero-order chi connectivity index (χ0) is 21.5. The Morgan fingerprint density at radius 2 is 1.94 bits per heavy atom. The van der Waals surface area contributed by atoms with Crippen LogP contribution in [-0.2, 0) is 6.54 Å². The van der Waals surface area contributed by atoms with Crippen LogP contribution in [0.15, 0.2) is 35.5 Å². The van der Waals surface area contributed by atoms with Gasteiger partial charge >= 0.3 is 0 Å². The summed E-state index contributed by atoms with van der Waals surface area (Å²) >= 11 is 0. The standard InChI is InChI=1S/C21H28FN5O3.HI/c1-23-21(25-12-14-10-17(28-2)19(30-4)18(11-14)29-3)26-15-7-9-27(13-15)20-16(22)6-5-8-24-20;/h5-6,8,10-11,15H,7,9,12-13H2,1-4H3,(H2,23,25,26);1H. The van der Waals surface area contributed by atoms with Crippen LogP contribution in [0.4, 0.5) is 10.2 Å². The van der Waals surface area contributed by atoms with Crippen LogP contribution in [-0.4, -0.2) is 58.5 Å². The van der Waals surface area contributed by atoms with Crippen molar-refractivity contribution in [3.8, 4) is 17.2 Å². The maximum atomic E-state index is 14.0. The summed E-state index contributed by atoms with van der Waals surface area (Å²) in [5.74, 6) is 2.50. The van der Waals surface area contributed by atoms with Crippen LogP contribution in [0.25, 0.3) is 0 Å². The van der Waals surface area contributed by atoms with Gasteiger partial charge in [-0.1, -0.05) is 0 Å². The average Bonchev–Trinajstić information content (AvgIpc) is 3.24. The van der Waals surface area contributed by atoms with E-state index in [1.807, 2.05) is 17.0 Å². The Labute approximate surface area is 199 Å². The lowest BCUT2D eigenvalue weighted by molar-refractivity contribution is 0.323. The number of ether oxygens (including phenoxy) is 3. The molecular weight excluding hydrogens is 516 g/mol. The molecule has 1 aromatic carbocycles.